The number of ether oxygens (including phenoxy) is 1. The molecule has 2 aliphatic rings. The second-order valence-electron chi connectivity index (χ2n) is 12.1. The van der Waals surface area contributed by atoms with Crippen molar-refractivity contribution in [1.29, 1.82) is 0 Å². The summed E-state index contributed by atoms with van der Waals surface area (Å²) in [6.07, 6.45) is 4.05. The summed E-state index contributed by atoms with van der Waals surface area (Å²) in [5.41, 5.74) is 2.88. The number of imide groups is 1. The zero-order valence-electron chi connectivity index (χ0n) is 25.7. The van der Waals surface area contributed by atoms with E-state index in [0.29, 0.717) is 40.9 Å². The predicted octanol–water partition coefficient (Wildman–Crippen LogP) is 8.34. The molecule has 7 nitrogen and oxygen atoms in total. The molecule has 46 heavy (non-hydrogen) atoms. The van der Waals surface area contributed by atoms with Crippen LogP contribution in [0.5, 0.6) is 11.5 Å². The number of anilines is 1. The molecule has 0 bridgehead atoms. The van der Waals surface area contributed by atoms with Gasteiger partial charge in [0.05, 0.1) is 16.2 Å². The van der Waals surface area contributed by atoms with E-state index in [1.807, 2.05) is 74.5 Å². The fourth-order valence-corrected chi connectivity index (χ4v) is 8.34. The Bertz CT molecular complexity index is 2080. The van der Waals surface area contributed by atoms with E-state index in [9.17, 15) is 14.7 Å². The third-order valence-electron chi connectivity index (χ3n) is 9.44. The van der Waals surface area contributed by atoms with Crippen molar-refractivity contribution in [2.24, 2.45) is 18.4 Å². The Morgan fingerprint density at radius 2 is 1.91 bits per heavy atom. The summed E-state index contributed by atoms with van der Waals surface area (Å²) in [6, 6.07) is 22.5. The Balaban J connectivity index is 1.24. The number of aryl methyl sites for hydroxylation is 2. The molecule has 1 fully saturated rings. The van der Waals surface area contributed by atoms with Crippen LogP contribution in [0, 0.1) is 18.3 Å². The fraction of sp³-hybridized carbons (Fsp3) is 0.216. The summed E-state index contributed by atoms with van der Waals surface area (Å²) in [4.78, 5) is 31.0. The summed E-state index contributed by atoms with van der Waals surface area (Å²) in [7, 11) is 1.74. The monoisotopic (exact) mass is 649 g/mol. The number of fused-ring (bicyclic) bond motifs is 2. The van der Waals surface area contributed by atoms with Gasteiger partial charge in [0.15, 0.2) is 0 Å². The number of phenolic OH excluding ortho intramolecular Hbond substituents is 1. The van der Waals surface area contributed by atoms with Gasteiger partial charge in [0, 0.05) is 40.4 Å². The van der Waals surface area contributed by atoms with Crippen LogP contribution in [0.1, 0.15) is 36.0 Å². The molecule has 0 spiro atoms. The molecule has 5 aromatic rings. The van der Waals surface area contributed by atoms with E-state index in [4.69, 9.17) is 21.4 Å². The van der Waals surface area contributed by atoms with E-state index >= 15 is 0 Å². The van der Waals surface area contributed by atoms with Crippen molar-refractivity contribution in [3.05, 3.63) is 119 Å². The molecular weight excluding hydrogens is 618 g/mol. The van der Waals surface area contributed by atoms with Crippen molar-refractivity contribution < 1.29 is 19.4 Å². The first kappa shape index (κ1) is 30.0. The van der Waals surface area contributed by atoms with Crippen molar-refractivity contribution in [3.63, 3.8) is 0 Å². The predicted molar refractivity (Wildman–Crippen MR) is 182 cm³/mol. The van der Waals surface area contributed by atoms with Crippen molar-refractivity contribution in [2.45, 2.75) is 32.8 Å². The molecule has 0 unspecified atom stereocenters. The first-order valence-electron chi connectivity index (χ1n) is 15.1. The number of phenols is 1. The number of rotatable bonds is 7. The molecule has 2 aromatic heterocycles. The molecule has 1 N–H and O–H groups in total. The van der Waals surface area contributed by atoms with Crippen LogP contribution in [0.2, 0.25) is 5.02 Å². The summed E-state index contributed by atoms with van der Waals surface area (Å²) in [6.45, 7) is 8.22. The summed E-state index contributed by atoms with van der Waals surface area (Å²) >= 11 is 7.87. The third kappa shape index (κ3) is 4.66. The molecule has 1 aliphatic carbocycles. The van der Waals surface area contributed by atoms with Crippen LogP contribution in [-0.2, 0) is 23.2 Å². The molecule has 0 radical (unpaired) electrons. The number of carbonyl (C=O) groups is 2. The van der Waals surface area contributed by atoms with Crippen LogP contribution >= 0.6 is 22.9 Å². The SMILES string of the molecule is C=CC1=CC[C@H]2C(=O)N(c3cc(-c4sc5ccc(Cl)cc5c4C)nn3C)C(=O)[C@@]2(C)[C@H]1c1ccc(OCc2ccccc2)cc1O. The minimum Gasteiger partial charge on any atom is -0.508 e. The van der Waals surface area contributed by atoms with Gasteiger partial charge in [0.2, 0.25) is 11.8 Å². The number of hydrogen-bond donors (Lipinski definition) is 1. The standard InChI is InChI=1S/C37H32ClN3O4S/c1-5-23-11-15-28-35(43)41(32-19-29(39-40(32)4)34-21(2)27-17-24(38)12-16-31(27)46-34)36(44)37(28,3)33(23)26-14-13-25(18-30(26)42)45-20-22-9-7-6-8-10-22/h5-14,16-19,28,33,42H,1,15,20H2,2-4H3/t28-,33+,37+/m0/s1. The van der Waals surface area contributed by atoms with E-state index in [0.717, 1.165) is 31.7 Å². The Morgan fingerprint density at radius 3 is 2.65 bits per heavy atom. The van der Waals surface area contributed by atoms with Crippen molar-refractivity contribution in [2.75, 3.05) is 4.90 Å². The van der Waals surface area contributed by atoms with E-state index in [-0.39, 0.29) is 17.6 Å². The maximum absolute atomic E-state index is 14.6. The molecule has 7 rings (SSSR count). The molecule has 9 heteroatoms. The van der Waals surface area contributed by atoms with Gasteiger partial charge in [-0.05, 0) is 66.6 Å². The molecule has 232 valence electrons. The van der Waals surface area contributed by atoms with Crippen LogP contribution in [0.25, 0.3) is 20.7 Å². The molecule has 3 atom stereocenters. The largest absolute Gasteiger partial charge is 0.508 e. The van der Waals surface area contributed by atoms with Crippen LogP contribution in [0.4, 0.5) is 5.82 Å². The first-order valence-corrected chi connectivity index (χ1v) is 16.2. The van der Waals surface area contributed by atoms with Crippen molar-refractivity contribution >= 4 is 50.7 Å². The molecule has 3 heterocycles. The van der Waals surface area contributed by atoms with Crippen LogP contribution in [0.15, 0.2) is 97.1 Å². The number of aromatic nitrogens is 2. The zero-order chi connectivity index (χ0) is 32.3. The van der Waals surface area contributed by atoms with Gasteiger partial charge >= 0.3 is 0 Å². The fourth-order valence-electron chi connectivity index (χ4n) is 7.02. The summed E-state index contributed by atoms with van der Waals surface area (Å²) in [5.74, 6) is -0.949. The number of allylic oxidation sites excluding steroid dienone is 3. The number of benzene rings is 3. The van der Waals surface area contributed by atoms with Crippen LogP contribution in [-0.4, -0.2) is 26.7 Å². The van der Waals surface area contributed by atoms with E-state index < -0.39 is 17.3 Å². The second kappa shape index (κ2) is 11.3. The normalized spacial score (nSPS) is 21.0. The molecule has 2 amide bonds. The van der Waals surface area contributed by atoms with Gasteiger partial charge in [0.25, 0.3) is 0 Å². The molecule has 3 aromatic carbocycles. The van der Waals surface area contributed by atoms with E-state index in [1.165, 1.54) is 4.90 Å². The number of aromatic hydroxyl groups is 1. The highest BCUT2D eigenvalue weighted by molar-refractivity contribution is 7.22. The zero-order valence-corrected chi connectivity index (χ0v) is 27.2. The van der Waals surface area contributed by atoms with Gasteiger partial charge in [-0.2, -0.15) is 5.10 Å². The highest BCUT2D eigenvalue weighted by Crippen LogP contribution is 2.58. The van der Waals surface area contributed by atoms with Crippen molar-refractivity contribution in [3.8, 4) is 22.1 Å². The molecule has 1 saturated heterocycles. The Labute approximate surface area is 276 Å². The second-order valence-corrected chi connectivity index (χ2v) is 13.6. The lowest BCUT2D eigenvalue weighted by atomic mass is 9.60. The number of carbonyl (C=O) groups excluding carboxylic acids is 2. The first-order chi connectivity index (χ1) is 22.1. The van der Waals surface area contributed by atoms with Gasteiger partial charge < -0.3 is 9.84 Å². The topological polar surface area (TPSA) is 84.7 Å². The van der Waals surface area contributed by atoms with Crippen molar-refractivity contribution in [1.82, 2.24) is 9.78 Å². The van der Waals surface area contributed by atoms with Crippen LogP contribution < -0.4 is 9.64 Å². The van der Waals surface area contributed by atoms with E-state index in [2.05, 4.69) is 6.58 Å². The lowest BCUT2D eigenvalue weighted by Gasteiger charge is -2.40. The quantitative estimate of drug-likeness (QED) is 0.179. The molecular formula is C37H32ClN3O4S. The summed E-state index contributed by atoms with van der Waals surface area (Å²) < 4.78 is 8.61. The van der Waals surface area contributed by atoms with Gasteiger partial charge in [-0.15, -0.1) is 11.3 Å². The number of hydrogen-bond acceptors (Lipinski definition) is 6. The van der Waals surface area contributed by atoms with Gasteiger partial charge in [-0.3, -0.25) is 14.3 Å². The molecule has 0 saturated carbocycles. The van der Waals surface area contributed by atoms with Crippen LogP contribution in [0.3, 0.4) is 0 Å². The maximum Gasteiger partial charge on any atom is 0.242 e. The minimum atomic E-state index is -1.17. The minimum absolute atomic E-state index is 0.00737. The highest BCUT2D eigenvalue weighted by Gasteiger charge is 2.63. The third-order valence-corrected chi connectivity index (χ3v) is 11.0. The number of halogens is 1. The number of nitrogens with zero attached hydrogens (tertiary/aromatic N) is 3. The smallest absolute Gasteiger partial charge is 0.242 e. The summed E-state index contributed by atoms with van der Waals surface area (Å²) in [5, 5.41) is 17.8. The van der Waals surface area contributed by atoms with Gasteiger partial charge in [-0.25, -0.2) is 4.90 Å². The van der Waals surface area contributed by atoms with E-state index in [1.54, 1.807) is 47.3 Å². The average Bonchev–Trinajstić information content (AvgIpc) is 3.65. The highest BCUT2D eigenvalue weighted by atomic mass is 35.5. The number of thiophene rings is 1. The Hall–Kier alpha value is -4.66. The Kier molecular flexibility index (Phi) is 7.37. The maximum atomic E-state index is 14.6. The Morgan fingerprint density at radius 1 is 1.13 bits per heavy atom. The number of amides is 2. The van der Waals surface area contributed by atoms with Gasteiger partial charge in [-0.1, -0.05) is 66.7 Å². The lowest BCUT2D eigenvalue weighted by Crippen LogP contribution is -2.42. The lowest BCUT2D eigenvalue weighted by molar-refractivity contribution is -0.127. The molecule has 1 aliphatic heterocycles. The average molecular weight is 650 g/mol. The van der Waals surface area contributed by atoms with Gasteiger partial charge in [0.1, 0.15) is 29.6 Å².